The van der Waals surface area contributed by atoms with Crippen LogP contribution in [-0.4, -0.2) is 39.8 Å². The number of aliphatic hydroxyl groups is 1. The van der Waals surface area contributed by atoms with E-state index in [0.717, 1.165) is 30.9 Å². The van der Waals surface area contributed by atoms with Crippen LogP contribution < -0.4 is 10.6 Å². The number of aryl methyl sites for hydroxylation is 1. The summed E-state index contributed by atoms with van der Waals surface area (Å²) in [7, 11) is 0. The maximum Gasteiger partial charge on any atom is 0.173 e. The third-order valence-electron chi connectivity index (χ3n) is 3.76. The molecule has 0 bridgehead atoms. The summed E-state index contributed by atoms with van der Waals surface area (Å²) >= 11 is 0. The molecule has 0 aliphatic carbocycles. The van der Waals surface area contributed by atoms with Gasteiger partial charge in [0.05, 0.1) is 11.2 Å². The van der Waals surface area contributed by atoms with Gasteiger partial charge in [-0.15, -0.1) is 0 Å². The van der Waals surface area contributed by atoms with Crippen LogP contribution in [0.25, 0.3) is 0 Å². The highest BCUT2D eigenvalue weighted by Gasteiger charge is 2.27. The van der Waals surface area contributed by atoms with Crippen molar-refractivity contribution in [3.8, 4) is 0 Å². The Balaban J connectivity index is 2.34. The van der Waals surface area contributed by atoms with E-state index in [1.165, 1.54) is 0 Å². The highest BCUT2D eigenvalue weighted by atomic mass is 16.4. The zero-order valence-electron chi connectivity index (χ0n) is 12.0. The fourth-order valence-corrected chi connectivity index (χ4v) is 2.51. The normalized spacial score (nSPS) is 24.6. The quantitative estimate of drug-likeness (QED) is 0.327. The Morgan fingerprint density at radius 1 is 1.40 bits per heavy atom. The van der Waals surface area contributed by atoms with Gasteiger partial charge in [-0.05, 0) is 45.2 Å². The molecule has 0 aromatic carbocycles. The Labute approximate surface area is 118 Å². The molecule has 1 aromatic rings. The largest absolute Gasteiger partial charge is 0.409 e. The molecule has 0 spiro atoms. The van der Waals surface area contributed by atoms with E-state index < -0.39 is 5.60 Å². The van der Waals surface area contributed by atoms with E-state index in [-0.39, 0.29) is 5.84 Å². The number of nitrogens with two attached hydrogens (primary N) is 1. The number of anilines is 1. The summed E-state index contributed by atoms with van der Waals surface area (Å²) in [5.74, 6) is 0.779. The predicted octanol–water partition coefficient (Wildman–Crippen LogP) is 1.23. The first-order valence-corrected chi connectivity index (χ1v) is 6.86. The van der Waals surface area contributed by atoms with Crippen molar-refractivity contribution in [2.24, 2.45) is 10.9 Å². The number of oxime groups is 1. The van der Waals surface area contributed by atoms with Gasteiger partial charge in [-0.3, -0.25) is 0 Å². The maximum absolute atomic E-state index is 10.2. The number of pyridine rings is 1. The lowest BCUT2D eigenvalue weighted by Crippen LogP contribution is -2.31. The Morgan fingerprint density at radius 3 is 2.85 bits per heavy atom. The van der Waals surface area contributed by atoms with Crippen LogP contribution in [0.5, 0.6) is 0 Å². The molecule has 0 saturated carbocycles. The molecule has 1 fully saturated rings. The van der Waals surface area contributed by atoms with Crippen molar-refractivity contribution in [2.45, 2.75) is 38.7 Å². The molecule has 110 valence electrons. The molecule has 6 nitrogen and oxygen atoms in total. The molecular formula is C14H22N4O2. The summed E-state index contributed by atoms with van der Waals surface area (Å²) in [6.07, 6.45) is 2.34. The molecule has 1 aliphatic rings. The Bertz CT molecular complexity index is 514. The van der Waals surface area contributed by atoms with E-state index >= 15 is 0 Å². The van der Waals surface area contributed by atoms with Crippen LogP contribution in [0.1, 0.15) is 37.4 Å². The first kappa shape index (κ1) is 14.6. The molecule has 0 amide bonds. The van der Waals surface area contributed by atoms with Crippen LogP contribution in [0.15, 0.2) is 17.3 Å². The minimum atomic E-state index is -0.630. The van der Waals surface area contributed by atoms with Gasteiger partial charge in [0.2, 0.25) is 0 Å². The second-order valence-corrected chi connectivity index (χ2v) is 5.65. The molecule has 1 unspecified atom stereocenters. The summed E-state index contributed by atoms with van der Waals surface area (Å²) in [6, 6.07) is 3.65. The van der Waals surface area contributed by atoms with Gasteiger partial charge in [0.1, 0.15) is 5.82 Å². The fraction of sp³-hybridized carbons (Fsp3) is 0.571. The molecule has 1 aromatic heterocycles. The number of nitrogens with zero attached hydrogens (tertiary/aromatic N) is 3. The van der Waals surface area contributed by atoms with E-state index in [1.54, 1.807) is 0 Å². The van der Waals surface area contributed by atoms with Crippen molar-refractivity contribution in [1.29, 1.82) is 0 Å². The van der Waals surface area contributed by atoms with Crippen LogP contribution in [0.3, 0.4) is 0 Å². The maximum atomic E-state index is 10.2. The SMILES string of the molecule is Cc1ccc(/C(N)=N/O)c(N2CCCC(C)(O)CC2)n1. The van der Waals surface area contributed by atoms with E-state index in [1.807, 2.05) is 26.0 Å². The number of amidine groups is 1. The molecular weight excluding hydrogens is 256 g/mol. The molecule has 1 saturated heterocycles. The topological polar surface area (TPSA) is 95.0 Å². The van der Waals surface area contributed by atoms with Gasteiger partial charge in [0, 0.05) is 18.8 Å². The second-order valence-electron chi connectivity index (χ2n) is 5.65. The summed E-state index contributed by atoms with van der Waals surface area (Å²) in [5, 5.41) is 22.1. The van der Waals surface area contributed by atoms with Gasteiger partial charge in [-0.2, -0.15) is 0 Å². The molecule has 20 heavy (non-hydrogen) atoms. The molecule has 1 aliphatic heterocycles. The summed E-state index contributed by atoms with van der Waals surface area (Å²) in [4.78, 5) is 6.63. The first-order valence-electron chi connectivity index (χ1n) is 6.86. The summed E-state index contributed by atoms with van der Waals surface area (Å²) in [6.45, 7) is 5.28. The Hall–Kier alpha value is -1.82. The van der Waals surface area contributed by atoms with Crippen LogP contribution in [0, 0.1) is 6.92 Å². The molecule has 0 radical (unpaired) electrons. The Morgan fingerprint density at radius 2 is 2.15 bits per heavy atom. The number of hydrogen-bond donors (Lipinski definition) is 3. The second kappa shape index (κ2) is 5.66. The smallest absolute Gasteiger partial charge is 0.173 e. The Kier molecular flexibility index (Phi) is 4.13. The van der Waals surface area contributed by atoms with Crippen molar-refractivity contribution in [1.82, 2.24) is 4.98 Å². The standard InChI is InChI=1S/C14H22N4O2/c1-10-4-5-11(12(15)17-20)13(16-10)18-8-3-6-14(2,19)7-9-18/h4-5,19-20H,3,6-9H2,1-2H3,(H2,15,17). The first-order chi connectivity index (χ1) is 9.43. The van der Waals surface area contributed by atoms with E-state index in [9.17, 15) is 5.11 Å². The van der Waals surface area contributed by atoms with Crippen molar-refractivity contribution >= 4 is 11.7 Å². The van der Waals surface area contributed by atoms with Gasteiger partial charge in [0.15, 0.2) is 5.84 Å². The average molecular weight is 278 g/mol. The predicted molar refractivity (Wildman–Crippen MR) is 78.2 cm³/mol. The number of aromatic nitrogens is 1. The third-order valence-corrected chi connectivity index (χ3v) is 3.76. The molecule has 4 N–H and O–H groups in total. The molecule has 2 rings (SSSR count). The van der Waals surface area contributed by atoms with Crippen molar-refractivity contribution < 1.29 is 10.3 Å². The lowest BCUT2D eigenvalue weighted by molar-refractivity contribution is 0.0481. The number of rotatable bonds is 2. The van der Waals surface area contributed by atoms with Crippen molar-refractivity contribution in [2.75, 3.05) is 18.0 Å². The van der Waals surface area contributed by atoms with Crippen LogP contribution >= 0.6 is 0 Å². The highest BCUT2D eigenvalue weighted by molar-refractivity contribution is 6.01. The van der Waals surface area contributed by atoms with Gasteiger partial charge in [-0.1, -0.05) is 5.16 Å². The van der Waals surface area contributed by atoms with E-state index in [0.29, 0.717) is 18.5 Å². The summed E-state index contributed by atoms with van der Waals surface area (Å²) < 4.78 is 0. The molecule has 6 heteroatoms. The van der Waals surface area contributed by atoms with Crippen LogP contribution in [-0.2, 0) is 0 Å². The third kappa shape index (κ3) is 3.19. The van der Waals surface area contributed by atoms with Crippen LogP contribution in [0.4, 0.5) is 5.82 Å². The fourth-order valence-electron chi connectivity index (χ4n) is 2.51. The zero-order chi connectivity index (χ0) is 14.8. The lowest BCUT2D eigenvalue weighted by atomic mass is 9.98. The van der Waals surface area contributed by atoms with E-state index in [4.69, 9.17) is 10.9 Å². The minimum absolute atomic E-state index is 0.0588. The number of hydrogen-bond acceptors (Lipinski definition) is 5. The van der Waals surface area contributed by atoms with Gasteiger partial charge < -0.3 is 20.9 Å². The minimum Gasteiger partial charge on any atom is -0.409 e. The van der Waals surface area contributed by atoms with E-state index in [2.05, 4.69) is 15.0 Å². The molecule has 2 heterocycles. The molecule has 1 atom stereocenters. The van der Waals surface area contributed by atoms with Gasteiger partial charge in [0.25, 0.3) is 0 Å². The summed E-state index contributed by atoms with van der Waals surface area (Å²) in [5.41, 5.74) is 6.60. The van der Waals surface area contributed by atoms with Crippen molar-refractivity contribution in [3.63, 3.8) is 0 Å². The van der Waals surface area contributed by atoms with Crippen molar-refractivity contribution in [3.05, 3.63) is 23.4 Å². The monoisotopic (exact) mass is 278 g/mol. The lowest BCUT2D eigenvalue weighted by Gasteiger charge is -2.25. The average Bonchev–Trinajstić information content (AvgIpc) is 2.58. The van der Waals surface area contributed by atoms with Gasteiger partial charge in [-0.25, -0.2) is 4.98 Å². The van der Waals surface area contributed by atoms with Crippen LogP contribution in [0.2, 0.25) is 0 Å². The van der Waals surface area contributed by atoms with Gasteiger partial charge >= 0.3 is 0 Å². The highest BCUT2D eigenvalue weighted by Crippen LogP contribution is 2.26. The zero-order valence-corrected chi connectivity index (χ0v) is 12.0.